The highest BCUT2D eigenvalue weighted by Crippen LogP contribution is 2.09. The van der Waals surface area contributed by atoms with E-state index >= 15 is 0 Å². The SMILES string of the molecule is CC(C)C[C@@H]([C]=O)N(C)C(=O)C(C)O. The number of carbonyl (C=O) groups excluding carboxylic acids is 2. The van der Waals surface area contributed by atoms with E-state index in [1.165, 1.54) is 18.9 Å². The average molecular weight is 200 g/mol. The van der Waals surface area contributed by atoms with Crippen molar-refractivity contribution in [3.05, 3.63) is 0 Å². The Balaban J connectivity index is 4.37. The third kappa shape index (κ3) is 3.87. The summed E-state index contributed by atoms with van der Waals surface area (Å²) in [4.78, 5) is 23.2. The normalized spacial score (nSPS) is 15.0. The average Bonchev–Trinajstić information content (AvgIpc) is 2.11. The van der Waals surface area contributed by atoms with E-state index in [-0.39, 0.29) is 0 Å². The molecule has 0 saturated carbocycles. The van der Waals surface area contributed by atoms with Gasteiger partial charge in [-0.25, -0.2) is 0 Å². The molecule has 1 radical (unpaired) electrons. The van der Waals surface area contributed by atoms with Crippen LogP contribution in [0.3, 0.4) is 0 Å². The summed E-state index contributed by atoms with van der Waals surface area (Å²) in [5, 5.41) is 9.05. The second-order valence-electron chi connectivity index (χ2n) is 3.89. The summed E-state index contributed by atoms with van der Waals surface area (Å²) >= 11 is 0. The summed E-state index contributed by atoms with van der Waals surface area (Å²) in [6.45, 7) is 5.31. The highest BCUT2D eigenvalue weighted by molar-refractivity contribution is 5.82. The van der Waals surface area contributed by atoms with E-state index in [1.807, 2.05) is 20.1 Å². The zero-order valence-corrected chi connectivity index (χ0v) is 9.15. The molecular weight excluding hydrogens is 182 g/mol. The molecule has 0 aromatic rings. The number of nitrogens with zero attached hydrogens (tertiary/aromatic N) is 1. The van der Waals surface area contributed by atoms with Gasteiger partial charge in [-0.2, -0.15) is 0 Å². The highest BCUT2D eigenvalue weighted by atomic mass is 16.3. The second kappa shape index (κ2) is 5.75. The van der Waals surface area contributed by atoms with E-state index in [2.05, 4.69) is 0 Å². The molecule has 0 aliphatic rings. The molecule has 0 heterocycles. The molecule has 0 fully saturated rings. The van der Waals surface area contributed by atoms with Crippen molar-refractivity contribution in [2.75, 3.05) is 7.05 Å². The molecule has 0 spiro atoms. The van der Waals surface area contributed by atoms with Gasteiger partial charge in [0.2, 0.25) is 6.29 Å². The molecule has 0 aromatic carbocycles. The number of aliphatic hydroxyl groups is 1. The Hall–Kier alpha value is -0.900. The second-order valence-corrected chi connectivity index (χ2v) is 3.89. The van der Waals surface area contributed by atoms with Crippen LogP contribution in [0.15, 0.2) is 0 Å². The van der Waals surface area contributed by atoms with E-state index in [9.17, 15) is 9.59 Å². The van der Waals surface area contributed by atoms with E-state index in [0.29, 0.717) is 12.3 Å². The third-order valence-corrected chi connectivity index (χ3v) is 2.00. The maximum Gasteiger partial charge on any atom is 0.251 e. The predicted molar refractivity (Wildman–Crippen MR) is 53.4 cm³/mol. The van der Waals surface area contributed by atoms with Gasteiger partial charge in [0.1, 0.15) is 6.10 Å². The van der Waals surface area contributed by atoms with Gasteiger partial charge in [0.25, 0.3) is 5.91 Å². The first kappa shape index (κ1) is 13.1. The summed E-state index contributed by atoms with van der Waals surface area (Å²) in [5.41, 5.74) is 0. The third-order valence-electron chi connectivity index (χ3n) is 2.00. The minimum Gasteiger partial charge on any atom is -0.384 e. The Morgan fingerprint density at radius 2 is 1.93 bits per heavy atom. The van der Waals surface area contributed by atoms with Crippen molar-refractivity contribution in [2.24, 2.45) is 5.92 Å². The molecule has 1 N–H and O–H groups in total. The smallest absolute Gasteiger partial charge is 0.251 e. The Morgan fingerprint density at radius 3 is 2.21 bits per heavy atom. The van der Waals surface area contributed by atoms with Crippen molar-refractivity contribution in [3.8, 4) is 0 Å². The van der Waals surface area contributed by atoms with Crippen LogP contribution < -0.4 is 0 Å². The van der Waals surface area contributed by atoms with Crippen LogP contribution in [0, 0.1) is 5.92 Å². The maximum atomic E-state index is 11.3. The summed E-state index contributed by atoms with van der Waals surface area (Å²) in [7, 11) is 1.51. The van der Waals surface area contributed by atoms with E-state index in [0.717, 1.165) is 0 Å². The highest BCUT2D eigenvalue weighted by Gasteiger charge is 2.23. The van der Waals surface area contributed by atoms with Crippen molar-refractivity contribution >= 4 is 12.2 Å². The van der Waals surface area contributed by atoms with Crippen molar-refractivity contribution in [1.29, 1.82) is 0 Å². The minimum absolute atomic E-state index is 0.311. The molecule has 0 rings (SSSR count). The lowest BCUT2D eigenvalue weighted by Gasteiger charge is -2.25. The topological polar surface area (TPSA) is 57.6 Å². The molecule has 4 heteroatoms. The molecule has 0 aliphatic carbocycles. The largest absolute Gasteiger partial charge is 0.384 e. The lowest BCUT2D eigenvalue weighted by molar-refractivity contribution is -0.139. The van der Waals surface area contributed by atoms with Crippen molar-refractivity contribution < 1.29 is 14.7 Å². The lowest BCUT2D eigenvalue weighted by atomic mass is 10.0. The van der Waals surface area contributed by atoms with Crippen LogP contribution >= 0.6 is 0 Å². The first-order chi connectivity index (χ1) is 6.40. The lowest BCUT2D eigenvalue weighted by Crippen LogP contribution is -2.43. The molecule has 81 valence electrons. The summed E-state index contributed by atoms with van der Waals surface area (Å²) in [6.07, 6.45) is 1.31. The van der Waals surface area contributed by atoms with Crippen LogP contribution in [0.5, 0.6) is 0 Å². The van der Waals surface area contributed by atoms with Crippen LogP contribution in [-0.2, 0) is 9.59 Å². The predicted octanol–water partition coefficient (Wildman–Crippen LogP) is 0.350. The Labute approximate surface area is 84.9 Å². The van der Waals surface area contributed by atoms with Gasteiger partial charge in [-0.1, -0.05) is 13.8 Å². The standard InChI is InChI=1S/C10H18NO3/c1-7(2)5-9(6-12)11(4)10(14)8(3)13/h7-9,13H,5H2,1-4H3/t8?,9-/m0/s1. The molecule has 14 heavy (non-hydrogen) atoms. The number of hydrogen-bond acceptors (Lipinski definition) is 3. The van der Waals surface area contributed by atoms with Gasteiger partial charge >= 0.3 is 0 Å². The van der Waals surface area contributed by atoms with Crippen LogP contribution in [0.4, 0.5) is 0 Å². The Kier molecular flexibility index (Phi) is 5.38. The molecule has 0 bridgehead atoms. The van der Waals surface area contributed by atoms with Crippen LogP contribution in [0.1, 0.15) is 27.2 Å². The molecule has 0 aromatic heterocycles. The van der Waals surface area contributed by atoms with Gasteiger partial charge in [-0.05, 0) is 19.3 Å². The van der Waals surface area contributed by atoms with Crippen LogP contribution in [-0.4, -0.2) is 41.4 Å². The summed E-state index contributed by atoms with van der Waals surface area (Å²) < 4.78 is 0. The summed E-state index contributed by atoms with van der Waals surface area (Å²) in [5.74, 6) is -0.135. The Morgan fingerprint density at radius 1 is 1.43 bits per heavy atom. The van der Waals surface area contributed by atoms with Crippen molar-refractivity contribution in [1.82, 2.24) is 4.90 Å². The minimum atomic E-state index is -1.07. The Bertz CT molecular complexity index is 202. The van der Waals surface area contributed by atoms with Gasteiger partial charge in [0.05, 0.1) is 6.04 Å². The molecule has 4 nitrogen and oxygen atoms in total. The molecule has 1 unspecified atom stereocenters. The zero-order valence-electron chi connectivity index (χ0n) is 9.15. The molecule has 1 amide bonds. The number of likely N-dealkylation sites (N-methyl/N-ethyl adjacent to an activating group) is 1. The van der Waals surface area contributed by atoms with Gasteiger partial charge in [0.15, 0.2) is 0 Å². The molecule has 0 saturated heterocycles. The zero-order chi connectivity index (χ0) is 11.3. The van der Waals surface area contributed by atoms with Gasteiger partial charge in [0, 0.05) is 7.05 Å². The fourth-order valence-electron chi connectivity index (χ4n) is 1.18. The van der Waals surface area contributed by atoms with Crippen LogP contribution in [0.2, 0.25) is 0 Å². The van der Waals surface area contributed by atoms with Crippen molar-refractivity contribution in [2.45, 2.75) is 39.3 Å². The first-order valence-corrected chi connectivity index (χ1v) is 4.72. The van der Waals surface area contributed by atoms with E-state index in [1.54, 1.807) is 0 Å². The fourth-order valence-corrected chi connectivity index (χ4v) is 1.18. The van der Waals surface area contributed by atoms with E-state index < -0.39 is 18.1 Å². The number of rotatable bonds is 5. The number of carbonyl (C=O) groups is 1. The maximum absolute atomic E-state index is 11.3. The number of hydrogen-bond donors (Lipinski definition) is 1. The van der Waals surface area contributed by atoms with Gasteiger partial charge in [-0.15, -0.1) is 0 Å². The quantitative estimate of drug-likeness (QED) is 0.696. The summed E-state index contributed by atoms with van der Waals surface area (Å²) in [6, 6.07) is -0.558. The molecule has 2 atom stereocenters. The number of amides is 1. The van der Waals surface area contributed by atoms with Crippen molar-refractivity contribution in [3.63, 3.8) is 0 Å². The van der Waals surface area contributed by atoms with Gasteiger partial charge < -0.3 is 10.0 Å². The fraction of sp³-hybridized carbons (Fsp3) is 0.800. The molecular formula is C10H18NO3. The molecule has 0 aliphatic heterocycles. The van der Waals surface area contributed by atoms with Gasteiger partial charge in [-0.3, -0.25) is 9.59 Å². The number of aliphatic hydroxyl groups excluding tert-OH is 1. The van der Waals surface area contributed by atoms with Crippen LogP contribution in [0.25, 0.3) is 0 Å². The first-order valence-electron chi connectivity index (χ1n) is 4.72. The van der Waals surface area contributed by atoms with E-state index in [4.69, 9.17) is 5.11 Å². The monoisotopic (exact) mass is 200 g/mol.